The first-order valence-corrected chi connectivity index (χ1v) is 11.3. The average molecular weight is 473 g/mol. The van der Waals surface area contributed by atoms with Crippen LogP contribution < -0.4 is 30.3 Å². The van der Waals surface area contributed by atoms with Crippen molar-refractivity contribution in [3.63, 3.8) is 0 Å². The fourth-order valence-electron chi connectivity index (χ4n) is 4.03. The molecule has 3 aromatic carbocycles. The van der Waals surface area contributed by atoms with E-state index in [1.807, 2.05) is 18.2 Å². The molecule has 35 heavy (non-hydrogen) atoms. The highest BCUT2D eigenvalue weighted by molar-refractivity contribution is 6.04. The second-order valence-electron chi connectivity index (χ2n) is 8.25. The summed E-state index contributed by atoms with van der Waals surface area (Å²) in [5.74, 6) is 0.411. The lowest BCUT2D eigenvalue weighted by Gasteiger charge is -2.22. The molecule has 1 unspecified atom stereocenters. The minimum absolute atomic E-state index is 0.120. The fourth-order valence-corrected chi connectivity index (χ4v) is 4.03. The van der Waals surface area contributed by atoms with Crippen molar-refractivity contribution in [3.8, 4) is 11.5 Å². The highest BCUT2D eigenvalue weighted by atomic mass is 16.6. The van der Waals surface area contributed by atoms with E-state index in [4.69, 9.17) is 9.47 Å². The molecule has 4 amide bonds. The smallest absolute Gasteiger partial charge is 0.323 e. The van der Waals surface area contributed by atoms with Crippen LogP contribution in [0.25, 0.3) is 0 Å². The highest BCUT2D eigenvalue weighted by Crippen LogP contribution is 2.36. The molecule has 1 saturated heterocycles. The Labute approximate surface area is 202 Å². The standard InChI is InChI=1S/C26H24N4O5/c31-24-14-17(16-30(24)21-10-11-22-23(15-21)35-13-12-34-22)25(32)27-19-6-8-20(9-7-19)29-26(33)28-18-4-2-1-3-5-18/h1-11,15,17H,12-14,16H2,(H,27,32)(H2,28,29,33). The zero-order valence-electron chi connectivity index (χ0n) is 18.8. The van der Waals surface area contributed by atoms with Crippen LogP contribution in [0.5, 0.6) is 11.5 Å². The van der Waals surface area contributed by atoms with E-state index in [1.54, 1.807) is 59.5 Å². The molecule has 0 spiro atoms. The fraction of sp³-hybridized carbons (Fsp3) is 0.192. The predicted molar refractivity (Wildman–Crippen MR) is 132 cm³/mol. The van der Waals surface area contributed by atoms with Gasteiger partial charge in [-0.1, -0.05) is 18.2 Å². The van der Waals surface area contributed by atoms with Gasteiger partial charge in [0.05, 0.1) is 5.92 Å². The number of fused-ring (bicyclic) bond motifs is 1. The molecule has 1 atom stereocenters. The van der Waals surface area contributed by atoms with E-state index in [9.17, 15) is 14.4 Å². The van der Waals surface area contributed by atoms with Gasteiger partial charge >= 0.3 is 6.03 Å². The third-order valence-electron chi connectivity index (χ3n) is 5.78. The van der Waals surface area contributed by atoms with E-state index in [-0.39, 0.29) is 30.8 Å². The lowest BCUT2D eigenvalue weighted by atomic mass is 10.1. The number of urea groups is 1. The number of benzene rings is 3. The first kappa shape index (κ1) is 22.3. The monoisotopic (exact) mass is 472 g/mol. The molecule has 1 fully saturated rings. The van der Waals surface area contributed by atoms with Crippen molar-refractivity contribution in [2.45, 2.75) is 6.42 Å². The van der Waals surface area contributed by atoms with Gasteiger partial charge in [0, 0.05) is 41.8 Å². The molecule has 9 nitrogen and oxygen atoms in total. The summed E-state index contributed by atoms with van der Waals surface area (Å²) in [5, 5.41) is 8.34. The molecule has 2 aliphatic heterocycles. The second kappa shape index (κ2) is 9.76. The maximum Gasteiger partial charge on any atom is 0.323 e. The van der Waals surface area contributed by atoms with Gasteiger partial charge in [-0.25, -0.2) is 4.79 Å². The van der Waals surface area contributed by atoms with Crippen LogP contribution >= 0.6 is 0 Å². The van der Waals surface area contributed by atoms with Crippen LogP contribution in [0.3, 0.4) is 0 Å². The molecule has 0 radical (unpaired) electrons. The lowest BCUT2D eigenvalue weighted by molar-refractivity contribution is -0.122. The van der Waals surface area contributed by atoms with E-state index < -0.39 is 5.92 Å². The predicted octanol–water partition coefficient (Wildman–Crippen LogP) is 4.09. The third-order valence-corrected chi connectivity index (χ3v) is 5.78. The van der Waals surface area contributed by atoms with Crippen LogP contribution in [0.2, 0.25) is 0 Å². The van der Waals surface area contributed by atoms with Crippen LogP contribution in [-0.2, 0) is 9.59 Å². The number of nitrogens with zero attached hydrogens (tertiary/aromatic N) is 1. The molecule has 5 rings (SSSR count). The van der Waals surface area contributed by atoms with Crippen molar-refractivity contribution in [2.24, 2.45) is 5.92 Å². The van der Waals surface area contributed by atoms with Gasteiger partial charge in [0.1, 0.15) is 13.2 Å². The number of rotatable bonds is 5. The quantitative estimate of drug-likeness (QED) is 0.518. The number of nitrogens with one attached hydrogen (secondary N) is 3. The van der Waals surface area contributed by atoms with Gasteiger partial charge in [0.2, 0.25) is 11.8 Å². The van der Waals surface area contributed by atoms with Gasteiger partial charge in [0.15, 0.2) is 11.5 Å². The van der Waals surface area contributed by atoms with Crippen molar-refractivity contribution in [1.82, 2.24) is 0 Å². The SMILES string of the molecule is O=C(Nc1ccccc1)Nc1ccc(NC(=O)C2CC(=O)N(c3ccc4c(c3)OCCO4)C2)cc1. The summed E-state index contributed by atoms with van der Waals surface area (Å²) >= 11 is 0. The largest absolute Gasteiger partial charge is 0.486 e. The Kier molecular flexibility index (Phi) is 6.21. The minimum Gasteiger partial charge on any atom is -0.486 e. The van der Waals surface area contributed by atoms with Crippen molar-refractivity contribution >= 4 is 40.6 Å². The number of amides is 4. The zero-order chi connectivity index (χ0) is 24.2. The number of carbonyl (C=O) groups is 3. The van der Waals surface area contributed by atoms with Crippen molar-refractivity contribution in [2.75, 3.05) is 40.6 Å². The number of hydrogen-bond donors (Lipinski definition) is 3. The Hall–Kier alpha value is -4.53. The molecular formula is C26H24N4O5. The number of anilines is 4. The van der Waals surface area contributed by atoms with Gasteiger partial charge in [0.25, 0.3) is 0 Å². The molecule has 2 aliphatic rings. The molecule has 0 aromatic heterocycles. The van der Waals surface area contributed by atoms with Gasteiger partial charge in [-0.15, -0.1) is 0 Å². The van der Waals surface area contributed by atoms with Gasteiger partial charge < -0.3 is 30.3 Å². The summed E-state index contributed by atoms with van der Waals surface area (Å²) in [7, 11) is 0. The summed E-state index contributed by atoms with van der Waals surface area (Å²) in [6.07, 6.45) is 0.125. The Morgan fingerprint density at radius 2 is 1.40 bits per heavy atom. The molecule has 0 bridgehead atoms. The zero-order valence-corrected chi connectivity index (χ0v) is 18.8. The van der Waals surface area contributed by atoms with Crippen LogP contribution in [0.4, 0.5) is 27.5 Å². The Morgan fingerprint density at radius 1 is 0.771 bits per heavy atom. The third kappa shape index (κ3) is 5.19. The Bertz CT molecular complexity index is 1250. The Morgan fingerprint density at radius 3 is 2.11 bits per heavy atom. The van der Waals surface area contributed by atoms with E-state index in [2.05, 4.69) is 16.0 Å². The van der Waals surface area contributed by atoms with Crippen LogP contribution in [0.15, 0.2) is 72.8 Å². The molecule has 2 heterocycles. The summed E-state index contributed by atoms with van der Waals surface area (Å²) in [4.78, 5) is 39.2. The van der Waals surface area contributed by atoms with Gasteiger partial charge in [-0.05, 0) is 48.5 Å². The number of ether oxygens (including phenoxy) is 2. The number of para-hydroxylation sites is 1. The molecular weight excluding hydrogens is 448 g/mol. The first-order valence-electron chi connectivity index (χ1n) is 11.3. The van der Waals surface area contributed by atoms with Crippen LogP contribution in [-0.4, -0.2) is 37.6 Å². The number of hydrogen-bond acceptors (Lipinski definition) is 5. The summed E-state index contributed by atoms with van der Waals surface area (Å²) in [5.41, 5.74) is 2.52. The highest BCUT2D eigenvalue weighted by Gasteiger charge is 2.35. The number of carbonyl (C=O) groups excluding carboxylic acids is 3. The minimum atomic E-state index is -0.481. The molecule has 0 aliphatic carbocycles. The topological polar surface area (TPSA) is 109 Å². The van der Waals surface area contributed by atoms with E-state index in [0.29, 0.717) is 47.5 Å². The van der Waals surface area contributed by atoms with Gasteiger partial charge in [-0.2, -0.15) is 0 Å². The van der Waals surface area contributed by atoms with Crippen LogP contribution in [0, 0.1) is 5.92 Å². The summed E-state index contributed by atoms with van der Waals surface area (Å²) in [6, 6.07) is 20.9. The normalized spacial score (nSPS) is 16.5. The first-order chi connectivity index (χ1) is 17.0. The maximum atomic E-state index is 12.8. The van der Waals surface area contributed by atoms with Gasteiger partial charge in [-0.3, -0.25) is 9.59 Å². The molecule has 3 N–H and O–H groups in total. The molecule has 178 valence electrons. The van der Waals surface area contributed by atoms with Crippen molar-refractivity contribution in [3.05, 3.63) is 72.8 Å². The van der Waals surface area contributed by atoms with E-state index >= 15 is 0 Å². The molecule has 3 aromatic rings. The van der Waals surface area contributed by atoms with E-state index in [1.165, 1.54) is 0 Å². The Balaban J connectivity index is 1.16. The average Bonchev–Trinajstić information content (AvgIpc) is 3.27. The molecule has 0 saturated carbocycles. The van der Waals surface area contributed by atoms with Crippen LogP contribution in [0.1, 0.15) is 6.42 Å². The summed E-state index contributed by atoms with van der Waals surface area (Å²) < 4.78 is 11.1. The summed E-state index contributed by atoms with van der Waals surface area (Å²) in [6.45, 7) is 1.24. The molecule has 9 heteroatoms. The maximum absolute atomic E-state index is 12.8. The van der Waals surface area contributed by atoms with E-state index in [0.717, 1.165) is 0 Å². The lowest BCUT2D eigenvalue weighted by Crippen LogP contribution is -2.28. The second-order valence-corrected chi connectivity index (χ2v) is 8.25. The van der Waals surface area contributed by atoms with Crippen molar-refractivity contribution in [1.29, 1.82) is 0 Å². The van der Waals surface area contributed by atoms with Crippen molar-refractivity contribution < 1.29 is 23.9 Å².